The first kappa shape index (κ1) is 13.2. The molecule has 0 spiro atoms. The van der Waals surface area contributed by atoms with Gasteiger partial charge in [0.15, 0.2) is 5.69 Å². The zero-order valence-corrected chi connectivity index (χ0v) is 11.5. The molecule has 0 radical (unpaired) electrons. The fourth-order valence-corrected chi connectivity index (χ4v) is 2.22. The smallest absolute Gasteiger partial charge is 0.358 e. The van der Waals surface area contributed by atoms with E-state index in [1.165, 1.54) is 0 Å². The van der Waals surface area contributed by atoms with Crippen molar-refractivity contribution < 1.29 is 9.90 Å². The van der Waals surface area contributed by atoms with Gasteiger partial charge in [-0.25, -0.2) is 19.4 Å². The second-order valence-corrected chi connectivity index (χ2v) is 4.66. The number of hydrogen-bond donors (Lipinski definition) is 1. The van der Waals surface area contributed by atoms with Crippen molar-refractivity contribution >= 4 is 11.7 Å². The van der Waals surface area contributed by atoms with Gasteiger partial charge in [0.1, 0.15) is 0 Å². The first-order valence-electron chi connectivity index (χ1n) is 6.63. The molecule has 3 aromatic rings. The Morgan fingerprint density at radius 3 is 3.00 bits per heavy atom. The van der Waals surface area contributed by atoms with Gasteiger partial charge in [-0.05, 0) is 12.5 Å². The van der Waals surface area contributed by atoms with Crippen molar-refractivity contribution in [2.75, 3.05) is 0 Å². The van der Waals surface area contributed by atoms with E-state index in [2.05, 4.69) is 20.3 Å². The predicted octanol–water partition coefficient (Wildman–Crippen LogP) is 1.02. The minimum Gasteiger partial charge on any atom is -0.476 e. The number of aromatic nitrogens is 6. The minimum absolute atomic E-state index is 0.0127. The van der Waals surface area contributed by atoms with Crippen LogP contribution in [0.2, 0.25) is 0 Å². The van der Waals surface area contributed by atoms with Crippen LogP contribution < -0.4 is 0 Å². The van der Waals surface area contributed by atoms with Gasteiger partial charge >= 0.3 is 5.97 Å². The van der Waals surface area contributed by atoms with E-state index in [1.807, 2.05) is 29.8 Å². The van der Waals surface area contributed by atoms with Gasteiger partial charge in [-0.15, -0.1) is 5.10 Å². The highest BCUT2D eigenvalue weighted by Gasteiger charge is 2.18. The highest BCUT2D eigenvalue weighted by molar-refractivity contribution is 5.86. The Morgan fingerprint density at radius 2 is 2.29 bits per heavy atom. The van der Waals surface area contributed by atoms with Crippen LogP contribution in [0.1, 0.15) is 35.2 Å². The molecule has 108 valence electrons. The molecule has 0 aliphatic rings. The third-order valence-corrected chi connectivity index (χ3v) is 3.12. The predicted molar refractivity (Wildman–Crippen MR) is 73.1 cm³/mol. The number of rotatable bonds is 5. The second-order valence-electron chi connectivity index (χ2n) is 4.66. The molecule has 0 aliphatic carbocycles. The Kier molecular flexibility index (Phi) is 3.35. The Bertz CT molecular complexity index is 758. The summed E-state index contributed by atoms with van der Waals surface area (Å²) in [5, 5.41) is 16.8. The lowest BCUT2D eigenvalue weighted by atomic mass is 10.2. The summed E-state index contributed by atoms with van der Waals surface area (Å²) >= 11 is 0. The van der Waals surface area contributed by atoms with Crippen LogP contribution in [0.15, 0.2) is 24.7 Å². The molecule has 8 heteroatoms. The van der Waals surface area contributed by atoms with Crippen LogP contribution in [0.4, 0.5) is 0 Å². The zero-order chi connectivity index (χ0) is 14.8. The molecule has 3 heterocycles. The van der Waals surface area contributed by atoms with Crippen LogP contribution in [-0.4, -0.2) is 40.4 Å². The summed E-state index contributed by atoms with van der Waals surface area (Å²) in [7, 11) is 0. The molecule has 3 aromatic heterocycles. The van der Waals surface area contributed by atoms with Crippen molar-refractivity contribution in [1.29, 1.82) is 0 Å². The molecule has 1 N–H and O–H groups in total. The Hall–Kier alpha value is -2.77. The van der Waals surface area contributed by atoms with Crippen LogP contribution in [-0.2, 0) is 13.0 Å². The quantitative estimate of drug-likeness (QED) is 0.752. The van der Waals surface area contributed by atoms with Crippen molar-refractivity contribution in [3.8, 4) is 0 Å². The van der Waals surface area contributed by atoms with Gasteiger partial charge in [-0.2, -0.15) is 0 Å². The van der Waals surface area contributed by atoms with Crippen molar-refractivity contribution in [1.82, 2.24) is 29.4 Å². The average molecular weight is 286 g/mol. The molecule has 0 fully saturated rings. The largest absolute Gasteiger partial charge is 0.476 e. The molecular formula is C13H14N6O2. The lowest BCUT2D eigenvalue weighted by Crippen LogP contribution is -2.09. The summed E-state index contributed by atoms with van der Waals surface area (Å²) in [6.45, 7) is 2.36. The SMILES string of the molecule is CCCc1c(C(=O)O)nnn1Cc1cn2cccnc2n1. The number of aromatic carboxylic acids is 1. The van der Waals surface area contributed by atoms with E-state index >= 15 is 0 Å². The topological polar surface area (TPSA) is 98.2 Å². The summed E-state index contributed by atoms with van der Waals surface area (Å²) in [5.41, 5.74) is 1.39. The lowest BCUT2D eigenvalue weighted by Gasteiger charge is -2.03. The second kappa shape index (κ2) is 5.31. The minimum atomic E-state index is -1.05. The van der Waals surface area contributed by atoms with Crippen molar-refractivity contribution in [2.45, 2.75) is 26.3 Å². The fraction of sp³-hybridized carbons (Fsp3) is 0.308. The fourth-order valence-electron chi connectivity index (χ4n) is 2.22. The van der Waals surface area contributed by atoms with Gasteiger partial charge in [0.05, 0.1) is 17.9 Å². The van der Waals surface area contributed by atoms with Crippen molar-refractivity contribution in [2.24, 2.45) is 0 Å². The molecule has 0 atom stereocenters. The number of carbonyl (C=O) groups is 1. The highest BCUT2D eigenvalue weighted by Crippen LogP contribution is 2.11. The van der Waals surface area contributed by atoms with Gasteiger partial charge in [-0.3, -0.25) is 4.40 Å². The summed E-state index contributed by atoms with van der Waals surface area (Å²) in [6, 6.07) is 1.82. The number of hydrogen-bond acceptors (Lipinski definition) is 5. The van der Waals surface area contributed by atoms with Gasteiger partial charge in [0.25, 0.3) is 0 Å². The molecule has 0 aromatic carbocycles. The van der Waals surface area contributed by atoms with Crippen LogP contribution in [0.3, 0.4) is 0 Å². The molecular weight excluding hydrogens is 272 g/mol. The lowest BCUT2D eigenvalue weighted by molar-refractivity contribution is 0.0689. The summed E-state index contributed by atoms with van der Waals surface area (Å²) in [4.78, 5) is 19.7. The van der Waals surface area contributed by atoms with Crippen molar-refractivity contribution in [3.63, 3.8) is 0 Å². The first-order chi connectivity index (χ1) is 10.2. The normalized spacial score (nSPS) is 11.1. The average Bonchev–Trinajstić information content (AvgIpc) is 3.03. The number of imidazole rings is 1. The monoisotopic (exact) mass is 286 g/mol. The molecule has 0 saturated carbocycles. The van der Waals surface area contributed by atoms with Crippen molar-refractivity contribution in [3.05, 3.63) is 41.7 Å². The number of fused-ring (bicyclic) bond motifs is 1. The third kappa shape index (κ3) is 2.47. The third-order valence-electron chi connectivity index (χ3n) is 3.12. The van der Waals surface area contributed by atoms with Gasteiger partial charge in [-0.1, -0.05) is 18.6 Å². The molecule has 0 amide bonds. The highest BCUT2D eigenvalue weighted by atomic mass is 16.4. The molecule has 0 saturated heterocycles. The first-order valence-corrected chi connectivity index (χ1v) is 6.63. The summed E-state index contributed by atoms with van der Waals surface area (Å²) < 4.78 is 3.40. The van der Waals surface area contributed by atoms with E-state index in [0.29, 0.717) is 24.4 Å². The Balaban J connectivity index is 1.95. The van der Waals surface area contributed by atoms with Gasteiger partial charge < -0.3 is 5.11 Å². The molecule has 0 bridgehead atoms. The maximum absolute atomic E-state index is 11.2. The molecule has 21 heavy (non-hydrogen) atoms. The van der Waals surface area contributed by atoms with E-state index in [9.17, 15) is 4.79 Å². The molecule has 0 aliphatic heterocycles. The van der Waals surface area contributed by atoms with E-state index in [-0.39, 0.29) is 5.69 Å². The molecule has 8 nitrogen and oxygen atoms in total. The Labute approximate surface area is 120 Å². The molecule has 0 unspecified atom stereocenters. The number of nitrogens with zero attached hydrogens (tertiary/aromatic N) is 6. The van der Waals surface area contributed by atoms with E-state index in [4.69, 9.17) is 5.11 Å². The summed E-state index contributed by atoms with van der Waals surface area (Å²) in [6.07, 6.45) is 6.81. The maximum atomic E-state index is 11.2. The maximum Gasteiger partial charge on any atom is 0.358 e. The number of carboxylic acid groups (broad SMARTS) is 1. The van der Waals surface area contributed by atoms with E-state index in [1.54, 1.807) is 10.9 Å². The van der Waals surface area contributed by atoms with E-state index < -0.39 is 5.97 Å². The molecule has 3 rings (SSSR count). The standard InChI is InChI=1S/C13H14N6O2/c1-2-4-10-11(12(20)21)16-17-19(10)8-9-7-18-6-3-5-14-13(18)15-9/h3,5-7H,2,4,8H2,1H3,(H,20,21). The number of carboxylic acids is 1. The van der Waals surface area contributed by atoms with Gasteiger partial charge in [0.2, 0.25) is 5.78 Å². The van der Waals surface area contributed by atoms with Crippen LogP contribution in [0.5, 0.6) is 0 Å². The summed E-state index contributed by atoms with van der Waals surface area (Å²) in [5.74, 6) is -0.454. The van der Waals surface area contributed by atoms with Crippen LogP contribution >= 0.6 is 0 Å². The van der Waals surface area contributed by atoms with Crippen LogP contribution in [0, 0.1) is 0 Å². The Morgan fingerprint density at radius 1 is 1.43 bits per heavy atom. The van der Waals surface area contributed by atoms with Crippen LogP contribution in [0.25, 0.3) is 5.78 Å². The van der Waals surface area contributed by atoms with E-state index in [0.717, 1.165) is 12.1 Å². The zero-order valence-electron chi connectivity index (χ0n) is 11.5. The van der Waals surface area contributed by atoms with Gasteiger partial charge in [0, 0.05) is 18.6 Å².